The van der Waals surface area contributed by atoms with E-state index in [1.807, 2.05) is 0 Å². The van der Waals surface area contributed by atoms with Crippen LogP contribution in [0.2, 0.25) is 0 Å². The van der Waals surface area contributed by atoms with Crippen molar-refractivity contribution < 1.29 is 9.13 Å². The summed E-state index contributed by atoms with van der Waals surface area (Å²) in [5.74, 6) is 0.355. The minimum absolute atomic E-state index is 0.249. The molecule has 0 unspecified atom stereocenters. The Bertz CT molecular complexity index is 1670. The Labute approximate surface area is 185 Å². The molecule has 1 aliphatic heterocycles. The quantitative estimate of drug-likeness (QED) is 0.417. The topological polar surface area (TPSA) is 104 Å². The van der Waals surface area contributed by atoms with Crippen LogP contribution in [0.15, 0.2) is 53.7 Å². The normalized spacial score (nSPS) is 15.4. The summed E-state index contributed by atoms with van der Waals surface area (Å²) in [5, 5.41) is 9.26. The van der Waals surface area contributed by atoms with Gasteiger partial charge in [0, 0.05) is 25.1 Å². The van der Waals surface area contributed by atoms with E-state index >= 15 is 0 Å². The third-order valence-electron chi connectivity index (χ3n) is 6.01. The smallest absolute Gasteiger partial charge is 0.330 e. The lowest BCUT2D eigenvalue weighted by Crippen LogP contribution is -2.30. The van der Waals surface area contributed by atoms with E-state index in [2.05, 4.69) is 16.0 Å². The fraction of sp³-hybridized carbons (Fsp3) is 0.174. The van der Waals surface area contributed by atoms with Gasteiger partial charge in [-0.3, -0.25) is 13.7 Å². The van der Waals surface area contributed by atoms with Crippen LogP contribution in [-0.2, 0) is 7.05 Å². The van der Waals surface area contributed by atoms with Gasteiger partial charge in [-0.2, -0.15) is 10.2 Å². The van der Waals surface area contributed by atoms with Gasteiger partial charge in [0.2, 0.25) is 5.95 Å². The molecule has 1 atom stereocenters. The summed E-state index contributed by atoms with van der Waals surface area (Å²) in [5.41, 5.74) is 3.38. The van der Waals surface area contributed by atoms with Gasteiger partial charge in [-0.25, -0.2) is 19.2 Å². The van der Waals surface area contributed by atoms with Crippen molar-refractivity contribution in [2.45, 2.75) is 12.5 Å². The Hall–Kier alpha value is -4.52. The Morgan fingerprint density at radius 3 is 2.91 bits per heavy atom. The maximum atomic E-state index is 13.8. The number of nitrogens with zero attached hydrogens (tertiary/aromatic N) is 7. The first-order valence-corrected chi connectivity index (χ1v) is 10.3. The molecule has 0 N–H and O–H groups in total. The van der Waals surface area contributed by atoms with Gasteiger partial charge in [-0.15, -0.1) is 0 Å². The molecule has 0 spiro atoms. The molecule has 9 nitrogen and oxygen atoms in total. The summed E-state index contributed by atoms with van der Waals surface area (Å²) in [6, 6.07) is 11.3. The highest BCUT2D eigenvalue weighted by molar-refractivity contribution is 5.79. The van der Waals surface area contributed by atoms with E-state index in [1.54, 1.807) is 53.0 Å². The highest BCUT2D eigenvalue weighted by Gasteiger charge is 2.28. The zero-order valence-corrected chi connectivity index (χ0v) is 17.4. The molecule has 3 aromatic heterocycles. The fourth-order valence-corrected chi connectivity index (χ4v) is 4.37. The molecule has 6 rings (SSSR count). The molecule has 0 fully saturated rings. The number of fused-ring (bicyclic) bond motifs is 3. The van der Waals surface area contributed by atoms with Gasteiger partial charge in [0.25, 0.3) is 0 Å². The molecule has 0 amide bonds. The van der Waals surface area contributed by atoms with E-state index in [0.29, 0.717) is 52.5 Å². The second-order valence-electron chi connectivity index (χ2n) is 7.86. The summed E-state index contributed by atoms with van der Waals surface area (Å²) in [6.07, 6.45) is 3.72. The first-order valence-electron chi connectivity index (χ1n) is 10.3. The van der Waals surface area contributed by atoms with Crippen molar-refractivity contribution in [1.29, 1.82) is 5.26 Å². The number of hydrogen-bond acceptors (Lipinski definition) is 6. The third kappa shape index (κ3) is 2.82. The van der Waals surface area contributed by atoms with Crippen molar-refractivity contribution in [2.75, 3.05) is 6.61 Å². The summed E-state index contributed by atoms with van der Waals surface area (Å²) in [6.45, 7) is 0.352. The number of halogens is 1. The Morgan fingerprint density at radius 2 is 2.06 bits per heavy atom. The van der Waals surface area contributed by atoms with Crippen molar-refractivity contribution >= 4 is 22.2 Å². The average molecular weight is 441 g/mol. The monoisotopic (exact) mass is 441 g/mol. The number of aromatic nitrogens is 6. The first kappa shape index (κ1) is 19.2. The second-order valence-corrected chi connectivity index (χ2v) is 7.86. The number of rotatable bonds is 2. The standard InChI is InChI=1S/C23H16FN7O2/c1-29-19-11-26-22(30-12-27-16-5-2-13(10-25)8-18(16)30)28-21(19)31(23(29)32)17-6-7-33-20-9-14(24)3-4-15(17)20/h2-5,8-9,11-12,17H,6-7H2,1H3/t17-/m1/s1. The van der Waals surface area contributed by atoms with Gasteiger partial charge < -0.3 is 4.74 Å². The lowest BCUT2D eigenvalue weighted by molar-refractivity contribution is 0.254. The number of ether oxygens (including phenoxy) is 1. The van der Waals surface area contributed by atoms with E-state index < -0.39 is 5.82 Å². The van der Waals surface area contributed by atoms with Crippen LogP contribution >= 0.6 is 0 Å². The summed E-state index contributed by atoms with van der Waals surface area (Å²) >= 11 is 0. The molecule has 0 radical (unpaired) electrons. The molecule has 10 heteroatoms. The predicted molar refractivity (Wildman–Crippen MR) is 117 cm³/mol. The summed E-state index contributed by atoms with van der Waals surface area (Å²) in [4.78, 5) is 26.8. The maximum Gasteiger partial charge on any atom is 0.330 e. The molecule has 4 heterocycles. The van der Waals surface area contributed by atoms with Gasteiger partial charge >= 0.3 is 5.69 Å². The van der Waals surface area contributed by atoms with Crippen molar-refractivity contribution in [3.05, 3.63) is 76.4 Å². The Kier molecular flexibility index (Phi) is 4.07. The van der Waals surface area contributed by atoms with Crippen LogP contribution in [0, 0.1) is 17.1 Å². The van der Waals surface area contributed by atoms with E-state index in [4.69, 9.17) is 9.72 Å². The van der Waals surface area contributed by atoms with Gasteiger partial charge in [0.1, 0.15) is 23.4 Å². The number of aryl methyl sites for hydroxylation is 1. The van der Waals surface area contributed by atoms with Gasteiger partial charge in [-0.05, 0) is 24.3 Å². The Balaban J connectivity index is 1.58. The number of hydrogen-bond donors (Lipinski definition) is 0. The molecule has 0 bridgehead atoms. The van der Waals surface area contributed by atoms with Gasteiger partial charge in [0.05, 0.1) is 41.5 Å². The molecular weight excluding hydrogens is 425 g/mol. The van der Waals surface area contributed by atoms with Crippen LogP contribution in [0.4, 0.5) is 4.39 Å². The number of nitriles is 1. The second kappa shape index (κ2) is 7.00. The maximum absolute atomic E-state index is 13.8. The molecule has 5 aromatic rings. The SMILES string of the molecule is Cn1c(=O)n([C@@H]2CCOc3cc(F)ccc32)c2nc(-n3cnc4ccc(C#N)cc43)ncc21. The summed E-state index contributed by atoms with van der Waals surface area (Å²) in [7, 11) is 1.67. The van der Waals surface area contributed by atoms with Gasteiger partial charge in [-0.1, -0.05) is 6.07 Å². The van der Waals surface area contributed by atoms with Crippen molar-refractivity contribution in [3.8, 4) is 17.8 Å². The minimum Gasteiger partial charge on any atom is -0.493 e. The minimum atomic E-state index is -0.395. The molecule has 0 saturated carbocycles. The van der Waals surface area contributed by atoms with Crippen molar-refractivity contribution in [2.24, 2.45) is 7.05 Å². The number of imidazole rings is 2. The molecule has 2 aromatic carbocycles. The fourth-order valence-electron chi connectivity index (χ4n) is 4.37. The zero-order valence-electron chi connectivity index (χ0n) is 17.4. The molecule has 0 aliphatic carbocycles. The lowest BCUT2D eigenvalue weighted by Gasteiger charge is -2.26. The largest absolute Gasteiger partial charge is 0.493 e. The zero-order chi connectivity index (χ0) is 22.7. The molecule has 1 aliphatic rings. The van der Waals surface area contributed by atoms with Crippen LogP contribution in [0.5, 0.6) is 5.75 Å². The van der Waals surface area contributed by atoms with E-state index in [0.717, 1.165) is 5.56 Å². The molecule has 33 heavy (non-hydrogen) atoms. The highest BCUT2D eigenvalue weighted by Crippen LogP contribution is 2.36. The van der Waals surface area contributed by atoms with Gasteiger partial charge in [0.15, 0.2) is 5.65 Å². The average Bonchev–Trinajstić information content (AvgIpc) is 3.36. The van der Waals surface area contributed by atoms with E-state index in [9.17, 15) is 14.4 Å². The molecule has 0 saturated heterocycles. The van der Waals surface area contributed by atoms with Crippen molar-refractivity contribution in [3.63, 3.8) is 0 Å². The molecule has 162 valence electrons. The van der Waals surface area contributed by atoms with E-state index in [1.165, 1.54) is 16.7 Å². The van der Waals surface area contributed by atoms with Crippen LogP contribution in [0.1, 0.15) is 23.6 Å². The van der Waals surface area contributed by atoms with Crippen molar-refractivity contribution in [1.82, 2.24) is 28.7 Å². The highest BCUT2D eigenvalue weighted by atomic mass is 19.1. The Morgan fingerprint density at radius 1 is 1.18 bits per heavy atom. The van der Waals surface area contributed by atoms with Crippen LogP contribution in [0.25, 0.3) is 28.1 Å². The molecular formula is C23H16FN7O2. The predicted octanol–water partition coefficient (Wildman–Crippen LogP) is 2.85. The van der Waals surface area contributed by atoms with Crippen LogP contribution < -0.4 is 10.4 Å². The third-order valence-corrected chi connectivity index (χ3v) is 6.01. The van der Waals surface area contributed by atoms with E-state index in [-0.39, 0.29) is 11.7 Å². The number of benzene rings is 2. The van der Waals surface area contributed by atoms with Crippen LogP contribution in [-0.4, -0.2) is 35.3 Å². The lowest BCUT2D eigenvalue weighted by atomic mass is 10.0. The summed E-state index contributed by atoms with van der Waals surface area (Å²) < 4.78 is 24.2. The first-order chi connectivity index (χ1) is 16.0. The van der Waals surface area contributed by atoms with Crippen LogP contribution in [0.3, 0.4) is 0 Å².